The van der Waals surface area contributed by atoms with Crippen LogP contribution in [0.3, 0.4) is 0 Å². The average molecular weight is 542 g/mol. The van der Waals surface area contributed by atoms with E-state index < -0.39 is 0 Å². The van der Waals surface area contributed by atoms with Gasteiger partial charge in [0.1, 0.15) is 11.6 Å². The second-order valence-electron chi connectivity index (χ2n) is 7.48. The smallest absolute Gasteiger partial charge is 0.232 e. The molecule has 0 saturated carbocycles. The third-order valence-corrected chi connectivity index (χ3v) is 6.19. The van der Waals surface area contributed by atoms with E-state index >= 15 is 0 Å². The highest BCUT2D eigenvalue weighted by Crippen LogP contribution is 2.34. The monoisotopic (exact) mass is 540 g/mol. The van der Waals surface area contributed by atoms with Gasteiger partial charge >= 0.3 is 0 Å². The van der Waals surface area contributed by atoms with Crippen LogP contribution in [-0.2, 0) is 0 Å². The molecule has 3 aromatic rings. The topological polar surface area (TPSA) is 45.9 Å². The van der Waals surface area contributed by atoms with E-state index in [4.69, 9.17) is 9.72 Å². The molecular weight excluding hydrogens is 516 g/mol. The van der Waals surface area contributed by atoms with Crippen LogP contribution in [-0.4, -0.2) is 11.6 Å². The highest BCUT2D eigenvalue weighted by atomic mass is 79.9. The molecule has 3 rings (SSSR count). The first-order valence-corrected chi connectivity index (χ1v) is 12.3. The van der Waals surface area contributed by atoms with Crippen LogP contribution in [0.4, 0.5) is 0 Å². The Morgan fingerprint density at radius 2 is 1.42 bits per heavy atom. The summed E-state index contributed by atoms with van der Waals surface area (Å²) in [6, 6.07) is 20.3. The Morgan fingerprint density at radius 3 is 2.03 bits per heavy atom. The molecule has 0 atom stereocenters. The largest absolute Gasteiger partial charge is 0.477 e. The van der Waals surface area contributed by atoms with E-state index in [2.05, 4.69) is 44.9 Å². The van der Waals surface area contributed by atoms with Gasteiger partial charge in [0.2, 0.25) is 5.88 Å². The number of hydrogen-bond donors (Lipinski definition) is 0. The maximum Gasteiger partial charge on any atom is 0.232 e. The van der Waals surface area contributed by atoms with E-state index in [1.807, 2.05) is 54.6 Å². The van der Waals surface area contributed by atoms with Crippen LogP contribution in [0.15, 0.2) is 63.5 Å². The fraction of sp³-hybridized carbons (Fsp3) is 0.308. The van der Waals surface area contributed by atoms with E-state index in [0.717, 1.165) is 44.2 Å². The predicted molar refractivity (Wildman–Crippen MR) is 134 cm³/mol. The van der Waals surface area contributed by atoms with Gasteiger partial charge in [-0.3, -0.25) is 0 Å². The lowest BCUT2D eigenvalue weighted by molar-refractivity contribution is 0.293. The Kier molecular flexibility index (Phi) is 9.12. The molecule has 0 spiro atoms. The van der Waals surface area contributed by atoms with E-state index in [0.29, 0.717) is 18.1 Å². The van der Waals surface area contributed by atoms with Gasteiger partial charge in [0.25, 0.3) is 0 Å². The molecule has 1 heterocycles. The minimum Gasteiger partial charge on any atom is -0.477 e. The van der Waals surface area contributed by atoms with Crippen molar-refractivity contribution in [2.24, 2.45) is 0 Å². The highest BCUT2D eigenvalue weighted by Gasteiger charge is 2.16. The number of aromatic nitrogens is 1. The number of ether oxygens (including phenoxy) is 1. The first-order valence-electron chi connectivity index (χ1n) is 10.7. The van der Waals surface area contributed by atoms with Crippen LogP contribution in [0.25, 0.3) is 22.4 Å². The molecule has 0 aliphatic rings. The van der Waals surface area contributed by atoms with Crippen molar-refractivity contribution < 1.29 is 4.74 Å². The van der Waals surface area contributed by atoms with Crippen molar-refractivity contribution >= 4 is 31.9 Å². The minimum absolute atomic E-state index is 0.411. The molecule has 0 bridgehead atoms. The van der Waals surface area contributed by atoms with Crippen LogP contribution in [0, 0.1) is 11.3 Å². The summed E-state index contributed by atoms with van der Waals surface area (Å²) in [6.45, 7) is 2.79. The quantitative estimate of drug-likeness (QED) is 0.241. The summed E-state index contributed by atoms with van der Waals surface area (Å²) in [5, 5.41) is 9.93. The van der Waals surface area contributed by atoms with Gasteiger partial charge < -0.3 is 4.74 Å². The van der Waals surface area contributed by atoms with Crippen molar-refractivity contribution in [3.8, 4) is 34.3 Å². The molecule has 0 radical (unpaired) electrons. The molecule has 1 aromatic heterocycles. The van der Waals surface area contributed by atoms with Gasteiger partial charge in [-0.1, -0.05) is 95.2 Å². The minimum atomic E-state index is 0.411. The maximum absolute atomic E-state index is 9.93. The second-order valence-corrected chi connectivity index (χ2v) is 9.31. The lowest BCUT2D eigenvalue weighted by atomic mass is 9.99. The number of hydrogen-bond acceptors (Lipinski definition) is 3. The second kappa shape index (κ2) is 12.0. The third kappa shape index (κ3) is 6.66. The number of nitriles is 1. The lowest BCUT2D eigenvalue weighted by Crippen LogP contribution is -2.04. The molecule has 0 unspecified atom stereocenters. The fourth-order valence-electron chi connectivity index (χ4n) is 3.41. The van der Waals surface area contributed by atoms with Crippen LogP contribution in [0.1, 0.15) is 51.0 Å². The summed E-state index contributed by atoms with van der Waals surface area (Å²) >= 11 is 6.97. The zero-order chi connectivity index (χ0) is 22.1. The number of pyridine rings is 1. The number of benzene rings is 2. The summed E-state index contributed by atoms with van der Waals surface area (Å²) in [5.74, 6) is 0.411. The van der Waals surface area contributed by atoms with E-state index in [9.17, 15) is 5.26 Å². The van der Waals surface area contributed by atoms with Gasteiger partial charge in [-0.2, -0.15) is 5.26 Å². The molecule has 0 amide bonds. The molecule has 2 aromatic carbocycles. The molecule has 5 heteroatoms. The molecule has 3 nitrogen and oxygen atoms in total. The number of halogens is 2. The number of rotatable bonds is 10. The molecular formula is C26H26Br2N2O. The molecule has 0 N–H and O–H groups in total. The molecule has 0 saturated heterocycles. The van der Waals surface area contributed by atoms with Crippen molar-refractivity contribution in [1.29, 1.82) is 5.26 Å². The first kappa shape index (κ1) is 23.5. The van der Waals surface area contributed by atoms with Crippen molar-refractivity contribution in [2.75, 3.05) is 6.61 Å². The zero-order valence-electron chi connectivity index (χ0n) is 17.7. The van der Waals surface area contributed by atoms with Crippen molar-refractivity contribution in [3.63, 3.8) is 0 Å². The Bertz CT molecular complexity index is 1030. The van der Waals surface area contributed by atoms with Gasteiger partial charge in [0, 0.05) is 20.1 Å². The lowest BCUT2D eigenvalue weighted by Gasteiger charge is -2.14. The summed E-state index contributed by atoms with van der Waals surface area (Å²) in [7, 11) is 0. The van der Waals surface area contributed by atoms with E-state index in [1.54, 1.807) is 0 Å². The van der Waals surface area contributed by atoms with Gasteiger partial charge in [-0.15, -0.1) is 0 Å². The van der Waals surface area contributed by atoms with Crippen LogP contribution in [0.5, 0.6) is 5.88 Å². The summed E-state index contributed by atoms with van der Waals surface area (Å²) in [5.41, 5.74) is 4.05. The molecule has 0 aliphatic carbocycles. The Morgan fingerprint density at radius 1 is 0.839 bits per heavy atom. The first-order chi connectivity index (χ1) is 15.1. The summed E-state index contributed by atoms with van der Waals surface area (Å²) in [4.78, 5) is 4.73. The third-order valence-electron chi connectivity index (χ3n) is 5.13. The summed E-state index contributed by atoms with van der Waals surface area (Å²) in [6.07, 6.45) is 7.12. The SMILES string of the molecule is CCCCCCCCOc1nc(-c2ccc(Br)cc2)cc(-c2ccc(Br)cc2)c1C#N. The molecule has 160 valence electrons. The average Bonchev–Trinajstić information content (AvgIpc) is 2.79. The van der Waals surface area contributed by atoms with Crippen LogP contribution < -0.4 is 4.74 Å². The van der Waals surface area contributed by atoms with Crippen molar-refractivity contribution in [1.82, 2.24) is 4.98 Å². The zero-order valence-corrected chi connectivity index (χ0v) is 20.9. The highest BCUT2D eigenvalue weighted by molar-refractivity contribution is 9.10. The Hall–Kier alpha value is -2.16. The van der Waals surface area contributed by atoms with Crippen molar-refractivity contribution in [3.05, 3.63) is 69.1 Å². The van der Waals surface area contributed by atoms with Gasteiger partial charge in [0.05, 0.1) is 12.3 Å². The van der Waals surface area contributed by atoms with Crippen LogP contribution >= 0.6 is 31.9 Å². The summed E-state index contributed by atoms with van der Waals surface area (Å²) < 4.78 is 8.06. The molecule has 31 heavy (non-hydrogen) atoms. The number of unbranched alkanes of at least 4 members (excludes halogenated alkanes) is 5. The van der Waals surface area contributed by atoms with Gasteiger partial charge in [-0.25, -0.2) is 4.98 Å². The van der Waals surface area contributed by atoms with Gasteiger partial charge in [0.15, 0.2) is 0 Å². The molecule has 0 fully saturated rings. The standard InChI is InChI=1S/C26H26Br2N2O/c1-2-3-4-5-6-7-16-31-26-24(18-29)23(19-8-12-21(27)13-9-19)17-25(30-26)20-10-14-22(28)15-11-20/h8-15,17H,2-7,16H2,1H3. The molecule has 0 aliphatic heterocycles. The Balaban J connectivity index is 1.91. The van der Waals surface area contributed by atoms with E-state index in [1.165, 1.54) is 25.7 Å². The predicted octanol–water partition coefficient (Wildman–Crippen LogP) is 8.55. The van der Waals surface area contributed by atoms with Crippen LogP contribution in [0.2, 0.25) is 0 Å². The normalized spacial score (nSPS) is 10.6. The maximum atomic E-state index is 9.93. The van der Waals surface area contributed by atoms with Gasteiger partial charge in [-0.05, 0) is 42.3 Å². The van der Waals surface area contributed by atoms with Crippen molar-refractivity contribution in [2.45, 2.75) is 45.4 Å². The van der Waals surface area contributed by atoms with E-state index in [-0.39, 0.29) is 0 Å². The Labute approximate surface area is 201 Å². The fourth-order valence-corrected chi connectivity index (χ4v) is 3.94. The number of nitrogens with zero attached hydrogens (tertiary/aromatic N) is 2.